The Morgan fingerprint density at radius 3 is 2.06 bits per heavy atom. The number of nitrogens with zero attached hydrogens (tertiary/aromatic N) is 2. The van der Waals surface area contributed by atoms with E-state index >= 15 is 0 Å². The highest BCUT2D eigenvalue weighted by Gasteiger charge is 2.26. The van der Waals surface area contributed by atoms with Gasteiger partial charge in [0, 0.05) is 25.2 Å². The number of carbonyl (C=O) groups excluding carboxylic acids is 1. The van der Waals surface area contributed by atoms with Gasteiger partial charge in [0.25, 0.3) is 0 Å². The smallest absolute Gasteiger partial charge is 0.320 e. The molecule has 0 spiro atoms. The summed E-state index contributed by atoms with van der Waals surface area (Å²) in [5.41, 5.74) is 0. The molecule has 0 saturated heterocycles. The van der Waals surface area contributed by atoms with Gasteiger partial charge in [-0.25, -0.2) is 4.79 Å². The van der Waals surface area contributed by atoms with Crippen molar-refractivity contribution in [1.82, 2.24) is 9.80 Å². The van der Waals surface area contributed by atoms with Gasteiger partial charge >= 0.3 is 12.0 Å². The van der Waals surface area contributed by atoms with Crippen molar-refractivity contribution in [3.05, 3.63) is 0 Å². The van der Waals surface area contributed by atoms with Crippen molar-refractivity contribution in [2.45, 2.75) is 46.2 Å². The van der Waals surface area contributed by atoms with E-state index in [1.165, 1.54) is 4.90 Å². The van der Waals surface area contributed by atoms with Crippen LogP contribution in [0, 0.1) is 0 Å². The summed E-state index contributed by atoms with van der Waals surface area (Å²) in [6.07, 6.45) is -0.0787. The number of carboxylic acids is 1. The van der Waals surface area contributed by atoms with Crippen LogP contribution in [0.15, 0.2) is 0 Å². The summed E-state index contributed by atoms with van der Waals surface area (Å²) in [4.78, 5) is 26.0. The number of rotatable bonds is 7. The number of amides is 2. The molecule has 0 aromatic carbocycles. The van der Waals surface area contributed by atoms with Gasteiger partial charge < -0.3 is 20.0 Å². The van der Waals surface area contributed by atoms with Gasteiger partial charge in [0.15, 0.2) is 0 Å². The van der Waals surface area contributed by atoms with E-state index < -0.39 is 5.97 Å². The lowest BCUT2D eigenvalue weighted by molar-refractivity contribution is -0.138. The molecule has 2 N–H and O–H groups in total. The lowest BCUT2D eigenvalue weighted by Gasteiger charge is -2.35. The van der Waals surface area contributed by atoms with Crippen LogP contribution in [0.2, 0.25) is 0 Å². The summed E-state index contributed by atoms with van der Waals surface area (Å²) in [5.74, 6) is -0.924. The number of urea groups is 1. The third kappa shape index (κ3) is 4.91. The predicted molar refractivity (Wildman–Crippen MR) is 68.4 cm³/mol. The highest BCUT2D eigenvalue weighted by Crippen LogP contribution is 2.10. The van der Waals surface area contributed by atoms with Gasteiger partial charge in [0.1, 0.15) is 0 Å². The maximum absolute atomic E-state index is 12.3. The molecule has 0 rings (SSSR count). The van der Waals surface area contributed by atoms with Crippen LogP contribution in [-0.2, 0) is 4.79 Å². The minimum atomic E-state index is -0.924. The van der Waals surface area contributed by atoms with Crippen LogP contribution >= 0.6 is 0 Å². The van der Waals surface area contributed by atoms with E-state index in [-0.39, 0.29) is 37.7 Å². The molecule has 0 bridgehead atoms. The zero-order chi connectivity index (χ0) is 14.3. The van der Waals surface area contributed by atoms with Crippen LogP contribution in [-0.4, -0.2) is 63.8 Å². The molecule has 1 atom stereocenters. The first kappa shape index (κ1) is 16.7. The van der Waals surface area contributed by atoms with Crippen LogP contribution in [0.5, 0.6) is 0 Å². The van der Waals surface area contributed by atoms with E-state index in [0.29, 0.717) is 6.54 Å². The summed E-state index contributed by atoms with van der Waals surface area (Å²) in [6.45, 7) is 7.86. The van der Waals surface area contributed by atoms with Gasteiger partial charge in [-0.3, -0.25) is 4.79 Å². The minimum absolute atomic E-state index is 0.0317. The van der Waals surface area contributed by atoms with Crippen LogP contribution in [0.1, 0.15) is 34.1 Å². The summed E-state index contributed by atoms with van der Waals surface area (Å²) < 4.78 is 0. The first-order valence-corrected chi connectivity index (χ1v) is 6.25. The molecule has 0 saturated carbocycles. The molecule has 0 heterocycles. The summed E-state index contributed by atoms with van der Waals surface area (Å²) >= 11 is 0. The zero-order valence-electron chi connectivity index (χ0n) is 11.6. The number of carbonyl (C=O) groups is 2. The number of aliphatic hydroxyl groups excluding tert-OH is 1. The second-order valence-corrected chi connectivity index (χ2v) is 4.53. The second kappa shape index (κ2) is 7.92. The fraction of sp³-hybridized carbons (Fsp3) is 0.833. The quantitative estimate of drug-likeness (QED) is 0.715. The monoisotopic (exact) mass is 260 g/mol. The van der Waals surface area contributed by atoms with Gasteiger partial charge in [0.2, 0.25) is 0 Å². The van der Waals surface area contributed by atoms with Gasteiger partial charge in [-0.05, 0) is 27.7 Å². The van der Waals surface area contributed by atoms with Gasteiger partial charge in [0.05, 0.1) is 13.0 Å². The number of hydrogen-bond donors (Lipinski definition) is 2. The summed E-state index contributed by atoms with van der Waals surface area (Å²) in [7, 11) is 0. The third-order valence-corrected chi connectivity index (χ3v) is 2.80. The predicted octanol–water partition coefficient (Wildman–Crippen LogP) is 0.994. The van der Waals surface area contributed by atoms with E-state index in [2.05, 4.69) is 0 Å². The number of aliphatic hydroxyl groups is 1. The van der Waals surface area contributed by atoms with Crippen molar-refractivity contribution in [2.75, 3.05) is 19.7 Å². The Morgan fingerprint density at radius 1 is 1.17 bits per heavy atom. The molecular weight excluding hydrogens is 236 g/mol. The molecular formula is C12H24N2O4. The maximum atomic E-state index is 12.3. The lowest BCUT2D eigenvalue weighted by atomic mass is 10.2. The van der Waals surface area contributed by atoms with Crippen LogP contribution in [0.25, 0.3) is 0 Å². The largest absolute Gasteiger partial charge is 0.481 e. The van der Waals surface area contributed by atoms with Crippen molar-refractivity contribution >= 4 is 12.0 Å². The van der Waals surface area contributed by atoms with Crippen molar-refractivity contribution in [1.29, 1.82) is 0 Å². The molecule has 0 radical (unpaired) electrons. The SMILES string of the molecule is CCN(C(=O)N(CCO)C(C)C)C(C)CC(=O)O. The molecule has 0 aromatic rings. The normalized spacial score (nSPS) is 12.3. The molecule has 0 fully saturated rings. The standard InChI is InChI=1S/C12H24N2O4/c1-5-13(10(4)8-11(16)17)12(18)14(6-7-15)9(2)3/h9-10,15H,5-8H2,1-4H3,(H,16,17). The van der Waals surface area contributed by atoms with E-state index in [1.54, 1.807) is 11.8 Å². The third-order valence-electron chi connectivity index (χ3n) is 2.80. The van der Waals surface area contributed by atoms with Crippen molar-refractivity contribution in [3.63, 3.8) is 0 Å². The molecule has 0 aromatic heterocycles. The second-order valence-electron chi connectivity index (χ2n) is 4.53. The Labute approximate surface area is 108 Å². The molecule has 6 heteroatoms. The van der Waals surface area contributed by atoms with Gasteiger partial charge in [-0.1, -0.05) is 0 Å². The van der Waals surface area contributed by atoms with Crippen molar-refractivity contribution < 1.29 is 19.8 Å². The van der Waals surface area contributed by atoms with Gasteiger partial charge in [-0.2, -0.15) is 0 Å². The lowest BCUT2D eigenvalue weighted by Crippen LogP contribution is -2.50. The molecule has 1 unspecified atom stereocenters. The van der Waals surface area contributed by atoms with Crippen LogP contribution in [0.4, 0.5) is 4.79 Å². The van der Waals surface area contributed by atoms with Crippen molar-refractivity contribution in [2.24, 2.45) is 0 Å². The fourth-order valence-electron chi connectivity index (χ4n) is 1.85. The van der Waals surface area contributed by atoms with Gasteiger partial charge in [-0.15, -0.1) is 0 Å². The summed E-state index contributed by atoms with van der Waals surface area (Å²) in [6, 6.07) is -0.619. The first-order valence-electron chi connectivity index (χ1n) is 6.25. The maximum Gasteiger partial charge on any atom is 0.320 e. The average Bonchev–Trinajstić information content (AvgIpc) is 2.24. The molecule has 106 valence electrons. The highest BCUT2D eigenvalue weighted by atomic mass is 16.4. The molecule has 0 aliphatic rings. The average molecular weight is 260 g/mol. The zero-order valence-corrected chi connectivity index (χ0v) is 11.6. The van der Waals surface area contributed by atoms with E-state index in [1.807, 2.05) is 20.8 Å². The number of carboxylic acid groups (broad SMARTS) is 1. The summed E-state index contributed by atoms with van der Waals surface area (Å²) in [5, 5.41) is 17.7. The Hall–Kier alpha value is -1.30. The van der Waals surface area contributed by atoms with E-state index in [4.69, 9.17) is 10.2 Å². The Bertz CT molecular complexity index is 281. The molecule has 0 aliphatic heterocycles. The van der Waals surface area contributed by atoms with Crippen LogP contribution < -0.4 is 0 Å². The fourth-order valence-corrected chi connectivity index (χ4v) is 1.85. The minimum Gasteiger partial charge on any atom is -0.481 e. The first-order chi connectivity index (χ1) is 8.34. The van der Waals surface area contributed by atoms with E-state index in [9.17, 15) is 9.59 Å². The molecule has 2 amide bonds. The molecule has 0 aliphatic carbocycles. The number of hydrogen-bond acceptors (Lipinski definition) is 3. The molecule has 6 nitrogen and oxygen atoms in total. The van der Waals surface area contributed by atoms with E-state index in [0.717, 1.165) is 0 Å². The highest BCUT2D eigenvalue weighted by molar-refractivity contribution is 5.76. The Morgan fingerprint density at radius 2 is 1.72 bits per heavy atom. The molecule has 18 heavy (non-hydrogen) atoms. The number of aliphatic carboxylic acids is 1. The Balaban J connectivity index is 4.80. The van der Waals surface area contributed by atoms with Crippen molar-refractivity contribution in [3.8, 4) is 0 Å². The Kier molecular flexibility index (Phi) is 7.35. The van der Waals surface area contributed by atoms with Crippen LogP contribution in [0.3, 0.4) is 0 Å². The topological polar surface area (TPSA) is 81.1 Å².